The molecule has 1 rings (SSSR count). The van der Waals surface area contributed by atoms with E-state index in [2.05, 4.69) is 4.74 Å². The van der Waals surface area contributed by atoms with Crippen LogP contribution in [0.1, 0.15) is 24.8 Å². The Labute approximate surface area is 91.7 Å². The normalized spacial score (nSPS) is 12.2. The van der Waals surface area contributed by atoms with Crippen LogP contribution in [0.15, 0.2) is 12.1 Å². The monoisotopic (exact) mass is 230 g/mol. The molecule has 0 saturated carbocycles. The maximum Gasteiger partial charge on any atom is 0.303 e. The van der Waals surface area contributed by atoms with Gasteiger partial charge >= 0.3 is 5.97 Å². The third-order valence-corrected chi connectivity index (χ3v) is 2.29. The van der Waals surface area contributed by atoms with E-state index in [4.69, 9.17) is 5.11 Å². The molecule has 0 radical (unpaired) electrons. The minimum absolute atomic E-state index is 0.145. The summed E-state index contributed by atoms with van der Waals surface area (Å²) in [6.07, 6.45) is -0.145. The van der Waals surface area contributed by atoms with Crippen molar-refractivity contribution in [2.75, 3.05) is 7.11 Å². The van der Waals surface area contributed by atoms with E-state index in [9.17, 15) is 13.6 Å². The maximum absolute atomic E-state index is 13.1. The molecule has 0 aliphatic heterocycles. The van der Waals surface area contributed by atoms with Crippen LogP contribution in [0.5, 0.6) is 5.75 Å². The molecule has 0 aromatic heterocycles. The molecule has 1 N–H and O–H groups in total. The highest BCUT2D eigenvalue weighted by Crippen LogP contribution is 2.27. The van der Waals surface area contributed by atoms with Gasteiger partial charge in [-0.15, -0.1) is 0 Å². The first-order valence-corrected chi connectivity index (χ1v) is 4.70. The number of halogens is 2. The van der Waals surface area contributed by atoms with Crippen molar-refractivity contribution < 1.29 is 23.4 Å². The second-order valence-electron chi connectivity index (χ2n) is 3.52. The Morgan fingerprint density at radius 1 is 1.50 bits per heavy atom. The third-order valence-electron chi connectivity index (χ3n) is 2.29. The Hall–Kier alpha value is -1.65. The van der Waals surface area contributed by atoms with E-state index in [-0.39, 0.29) is 12.2 Å². The van der Waals surface area contributed by atoms with Gasteiger partial charge in [0.25, 0.3) is 0 Å². The van der Waals surface area contributed by atoms with Gasteiger partial charge in [0.05, 0.1) is 13.5 Å². The molecular formula is C11H12F2O3. The zero-order valence-electron chi connectivity index (χ0n) is 8.96. The summed E-state index contributed by atoms with van der Waals surface area (Å²) in [5, 5.41) is 8.60. The minimum Gasteiger partial charge on any atom is -0.494 e. The Morgan fingerprint density at radius 3 is 2.62 bits per heavy atom. The summed E-state index contributed by atoms with van der Waals surface area (Å²) in [4.78, 5) is 10.5. The van der Waals surface area contributed by atoms with Crippen molar-refractivity contribution >= 4 is 5.97 Å². The minimum atomic E-state index is -1.06. The molecule has 0 aliphatic rings. The first-order chi connectivity index (χ1) is 7.45. The largest absolute Gasteiger partial charge is 0.494 e. The van der Waals surface area contributed by atoms with Crippen molar-refractivity contribution in [3.63, 3.8) is 0 Å². The van der Waals surface area contributed by atoms with Crippen LogP contribution in [0.4, 0.5) is 8.78 Å². The Bertz CT molecular complexity index is 404. The standard InChI is InChI=1S/C11H12F2O3/c1-6(3-10(14)15)7-4-8(12)11(13)9(5-7)16-2/h4-6H,3H2,1-2H3,(H,14,15). The van der Waals surface area contributed by atoms with Gasteiger partial charge in [-0.25, -0.2) is 4.39 Å². The van der Waals surface area contributed by atoms with Crippen LogP contribution in [0.25, 0.3) is 0 Å². The fourth-order valence-corrected chi connectivity index (χ4v) is 1.40. The highest BCUT2D eigenvalue weighted by Gasteiger charge is 2.16. The zero-order chi connectivity index (χ0) is 12.3. The summed E-state index contributed by atoms with van der Waals surface area (Å²) >= 11 is 0. The molecule has 0 aliphatic carbocycles. The van der Waals surface area contributed by atoms with E-state index in [0.29, 0.717) is 5.56 Å². The highest BCUT2D eigenvalue weighted by atomic mass is 19.2. The maximum atomic E-state index is 13.1. The molecule has 1 atom stereocenters. The van der Waals surface area contributed by atoms with E-state index in [1.54, 1.807) is 6.92 Å². The lowest BCUT2D eigenvalue weighted by Crippen LogP contribution is -2.04. The van der Waals surface area contributed by atoms with E-state index in [1.807, 2.05) is 0 Å². The van der Waals surface area contributed by atoms with Gasteiger partial charge < -0.3 is 9.84 Å². The van der Waals surface area contributed by atoms with Crippen molar-refractivity contribution in [2.24, 2.45) is 0 Å². The molecule has 1 aromatic rings. The van der Waals surface area contributed by atoms with Crippen LogP contribution in [-0.4, -0.2) is 18.2 Å². The molecule has 3 nitrogen and oxygen atoms in total. The van der Waals surface area contributed by atoms with Crippen LogP contribution in [0.2, 0.25) is 0 Å². The van der Waals surface area contributed by atoms with E-state index < -0.39 is 23.5 Å². The third kappa shape index (κ3) is 2.68. The molecule has 16 heavy (non-hydrogen) atoms. The smallest absolute Gasteiger partial charge is 0.303 e. The molecule has 5 heteroatoms. The number of carboxylic acid groups (broad SMARTS) is 1. The number of carboxylic acids is 1. The van der Waals surface area contributed by atoms with Crippen molar-refractivity contribution in [3.05, 3.63) is 29.3 Å². The Balaban J connectivity index is 3.05. The SMILES string of the molecule is COc1cc(C(C)CC(=O)O)cc(F)c1F. The fraction of sp³-hybridized carbons (Fsp3) is 0.364. The van der Waals surface area contributed by atoms with Gasteiger partial charge in [0.1, 0.15) is 0 Å². The Morgan fingerprint density at radius 2 is 2.12 bits per heavy atom. The average Bonchev–Trinajstić information content (AvgIpc) is 2.20. The number of rotatable bonds is 4. The molecule has 0 saturated heterocycles. The van der Waals surface area contributed by atoms with Crippen LogP contribution in [0.3, 0.4) is 0 Å². The van der Waals surface area contributed by atoms with Crippen LogP contribution >= 0.6 is 0 Å². The predicted octanol–water partition coefficient (Wildman–Crippen LogP) is 2.55. The quantitative estimate of drug-likeness (QED) is 0.864. The predicted molar refractivity (Wildman–Crippen MR) is 53.6 cm³/mol. The first kappa shape index (κ1) is 12.4. The fourth-order valence-electron chi connectivity index (χ4n) is 1.40. The number of hydrogen-bond donors (Lipinski definition) is 1. The van der Waals surface area contributed by atoms with Crippen molar-refractivity contribution in [1.29, 1.82) is 0 Å². The van der Waals surface area contributed by atoms with Crippen LogP contribution in [0, 0.1) is 11.6 Å². The number of carbonyl (C=O) groups is 1. The molecule has 0 amide bonds. The molecule has 1 unspecified atom stereocenters. The molecule has 0 spiro atoms. The number of methoxy groups -OCH3 is 1. The van der Waals surface area contributed by atoms with Gasteiger partial charge in [0.15, 0.2) is 11.6 Å². The van der Waals surface area contributed by atoms with Crippen LogP contribution < -0.4 is 4.74 Å². The summed E-state index contributed by atoms with van der Waals surface area (Å²) in [6, 6.07) is 2.30. The number of aliphatic carboxylic acids is 1. The second kappa shape index (κ2) is 4.92. The summed E-state index contributed by atoms with van der Waals surface area (Å²) in [5.74, 6) is -3.70. The van der Waals surface area contributed by atoms with E-state index in [0.717, 1.165) is 6.07 Å². The van der Waals surface area contributed by atoms with Gasteiger partial charge in [-0.2, -0.15) is 4.39 Å². The zero-order valence-corrected chi connectivity index (χ0v) is 8.96. The lowest BCUT2D eigenvalue weighted by molar-refractivity contribution is -0.137. The van der Waals surface area contributed by atoms with Crippen molar-refractivity contribution in [1.82, 2.24) is 0 Å². The van der Waals surface area contributed by atoms with Gasteiger partial charge in [-0.1, -0.05) is 6.92 Å². The number of hydrogen-bond acceptors (Lipinski definition) is 2. The summed E-state index contributed by atoms with van der Waals surface area (Å²) in [6.45, 7) is 1.63. The summed E-state index contributed by atoms with van der Waals surface area (Å²) in [7, 11) is 1.23. The number of benzene rings is 1. The van der Waals surface area contributed by atoms with E-state index >= 15 is 0 Å². The van der Waals surface area contributed by atoms with Crippen molar-refractivity contribution in [2.45, 2.75) is 19.3 Å². The molecule has 88 valence electrons. The lowest BCUT2D eigenvalue weighted by Gasteiger charge is -2.11. The Kier molecular flexibility index (Phi) is 3.82. The molecular weight excluding hydrogens is 218 g/mol. The van der Waals surface area contributed by atoms with Gasteiger partial charge in [0, 0.05) is 0 Å². The first-order valence-electron chi connectivity index (χ1n) is 4.70. The summed E-state index contributed by atoms with van der Waals surface area (Å²) < 4.78 is 30.9. The topological polar surface area (TPSA) is 46.5 Å². The molecule has 0 fully saturated rings. The average molecular weight is 230 g/mol. The lowest BCUT2D eigenvalue weighted by atomic mass is 9.97. The summed E-state index contributed by atoms with van der Waals surface area (Å²) in [5.41, 5.74) is 0.401. The molecule has 1 aromatic carbocycles. The van der Waals surface area contributed by atoms with Crippen LogP contribution in [-0.2, 0) is 4.79 Å². The van der Waals surface area contributed by atoms with Gasteiger partial charge in [-0.3, -0.25) is 4.79 Å². The van der Waals surface area contributed by atoms with Crippen molar-refractivity contribution in [3.8, 4) is 5.75 Å². The van der Waals surface area contributed by atoms with Gasteiger partial charge in [-0.05, 0) is 23.6 Å². The van der Waals surface area contributed by atoms with E-state index in [1.165, 1.54) is 13.2 Å². The molecule has 0 heterocycles. The van der Waals surface area contributed by atoms with Gasteiger partial charge in [0.2, 0.25) is 5.82 Å². The second-order valence-corrected chi connectivity index (χ2v) is 3.52. The number of ether oxygens (including phenoxy) is 1. The highest BCUT2D eigenvalue weighted by molar-refractivity contribution is 5.68. The molecule has 0 bridgehead atoms.